The van der Waals surface area contributed by atoms with E-state index in [0.717, 1.165) is 0 Å². The first-order valence-electron chi connectivity index (χ1n) is 5.05. The van der Waals surface area contributed by atoms with E-state index < -0.39 is 12.1 Å². The van der Waals surface area contributed by atoms with E-state index in [0.29, 0.717) is 11.3 Å². The molecule has 0 saturated carbocycles. The van der Waals surface area contributed by atoms with Crippen molar-refractivity contribution >= 4 is 5.97 Å². The summed E-state index contributed by atoms with van der Waals surface area (Å²) in [7, 11) is 0. The minimum atomic E-state index is -0.982. The van der Waals surface area contributed by atoms with E-state index in [1.807, 2.05) is 0 Å². The van der Waals surface area contributed by atoms with Crippen molar-refractivity contribution in [3.8, 4) is 5.75 Å². The average Bonchev–Trinajstić information content (AvgIpc) is 2.30. The second-order valence-corrected chi connectivity index (χ2v) is 3.35. The molecule has 0 spiro atoms. The van der Waals surface area contributed by atoms with Crippen LogP contribution in [0.4, 0.5) is 0 Å². The molecule has 1 aromatic carbocycles. The largest absolute Gasteiger partial charge is 0.464 e. The molecule has 1 aliphatic rings. The van der Waals surface area contributed by atoms with Crippen molar-refractivity contribution in [2.45, 2.75) is 13.0 Å². The molecule has 1 aromatic rings. The topological polar surface area (TPSA) is 55.8 Å². The Bertz CT molecular complexity index is 436. The number of hydrogen-bond acceptors (Lipinski definition) is 4. The van der Waals surface area contributed by atoms with E-state index in [1.165, 1.54) is 6.26 Å². The van der Waals surface area contributed by atoms with Crippen LogP contribution in [0.3, 0.4) is 0 Å². The molecule has 4 heteroatoms. The maximum absolute atomic E-state index is 11.5. The first kappa shape index (κ1) is 10.7. The summed E-state index contributed by atoms with van der Waals surface area (Å²) >= 11 is 0. The summed E-state index contributed by atoms with van der Waals surface area (Å²) in [5.41, 5.74) is 0.702. The molecule has 2 rings (SSSR count). The van der Waals surface area contributed by atoms with Gasteiger partial charge in [-0.3, -0.25) is 0 Å². The second-order valence-electron chi connectivity index (χ2n) is 3.35. The zero-order valence-electron chi connectivity index (χ0n) is 8.84. The normalized spacial score (nSPS) is 18.1. The minimum absolute atomic E-state index is 0.126. The third-order valence-corrected chi connectivity index (χ3v) is 2.33. The fourth-order valence-corrected chi connectivity index (χ4v) is 1.55. The summed E-state index contributed by atoms with van der Waals surface area (Å²) in [6.45, 7) is 1.98. The molecule has 0 amide bonds. The van der Waals surface area contributed by atoms with Gasteiger partial charge in [0.25, 0.3) is 0 Å². The molecule has 84 valence electrons. The lowest BCUT2D eigenvalue weighted by atomic mass is 10.00. The van der Waals surface area contributed by atoms with Crippen LogP contribution in [-0.4, -0.2) is 17.7 Å². The zero-order valence-corrected chi connectivity index (χ0v) is 8.84. The molecule has 0 fully saturated rings. The summed E-state index contributed by atoms with van der Waals surface area (Å²) in [5.74, 6) is 0.00699. The van der Waals surface area contributed by atoms with Crippen molar-refractivity contribution in [1.29, 1.82) is 0 Å². The predicted octanol–water partition coefficient (Wildman–Crippen LogP) is 1.56. The van der Waals surface area contributed by atoms with Crippen molar-refractivity contribution in [2.75, 3.05) is 6.61 Å². The Morgan fingerprint density at radius 3 is 3.00 bits per heavy atom. The Hall–Kier alpha value is -1.81. The number of fused-ring (bicyclic) bond motifs is 1. The van der Waals surface area contributed by atoms with Crippen molar-refractivity contribution in [1.82, 2.24) is 0 Å². The summed E-state index contributed by atoms with van der Waals surface area (Å²) in [6.07, 6.45) is 0.259. The van der Waals surface area contributed by atoms with Gasteiger partial charge in [-0.1, -0.05) is 18.2 Å². The lowest BCUT2D eigenvalue weighted by Crippen LogP contribution is -2.19. The third-order valence-electron chi connectivity index (χ3n) is 2.33. The number of aliphatic hydroxyl groups is 1. The summed E-state index contributed by atoms with van der Waals surface area (Å²) < 4.78 is 10.1. The van der Waals surface area contributed by atoms with E-state index in [-0.39, 0.29) is 12.2 Å². The van der Waals surface area contributed by atoms with Crippen LogP contribution in [0.2, 0.25) is 0 Å². The van der Waals surface area contributed by atoms with Crippen LogP contribution in [0.5, 0.6) is 5.75 Å². The van der Waals surface area contributed by atoms with E-state index >= 15 is 0 Å². The molecule has 1 aliphatic heterocycles. The van der Waals surface area contributed by atoms with Gasteiger partial charge in [0.15, 0.2) is 0 Å². The number of ether oxygens (including phenoxy) is 2. The van der Waals surface area contributed by atoms with Crippen LogP contribution in [0, 0.1) is 0 Å². The van der Waals surface area contributed by atoms with E-state index in [2.05, 4.69) is 0 Å². The summed E-state index contributed by atoms with van der Waals surface area (Å²) in [4.78, 5) is 11.5. The number of carbonyl (C=O) groups is 1. The number of rotatable bonds is 2. The highest BCUT2D eigenvalue weighted by atomic mass is 16.5. The van der Waals surface area contributed by atoms with Gasteiger partial charge < -0.3 is 14.6 Å². The first-order chi connectivity index (χ1) is 7.74. The van der Waals surface area contributed by atoms with Gasteiger partial charge >= 0.3 is 5.97 Å². The lowest BCUT2D eigenvalue weighted by molar-refractivity contribution is -0.140. The van der Waals surface area contributed by atoms with Crippen molar-refractivity contribution in [3.63, 3.8) is 0 Å². The Balaban J connectivity index is 2.28. The van der Waals surface area contributed by atoms with Crippen LogP contribution in [0.25, 0.3) is 0 Å². The lowest BCUT2D eigenvalue weighted by Gasteiger charge is -2.21. The van der Waals surface area contributed by atoms with Gasteiger partial charge in [-0.25, -0.2) is 4.79 Å². The maximum Gasteiger partial charge on any atom is 0.340 e. The molecule has 1 N–H and O–H groups in total. The highest BCUT2D eigenvalue weighted by molar-refractivity contribution is 5.90. The van der Waals surface area contributed by atoms with Gasteiger partial charge in [0.05, 0.1) is 6.61 Å². The van der Waals surface area contributed by atoms with Crippen molar-refractivity contribution in [2.24, 2.45) is 0 Å². The average molecular weight is 220 g/mol. The SMILES string of the molecule is CCOC(=O)C1=COc2ccccc2[C@H]1O. The molecule has 0 aromatic heterocycles. The van der Waals surface area contributed by atoms with Crippen molar-refractivity contribution in [3.05, 3.63) is 41.7 Å². The number of aliphatic hydroxyl groups excluding tert-OH is 1. The highest BCUT2D eigenvalue weighted by Gasteiger charge is 2.28. The Morgan fingerprint density at radius 1 is 1.50 bits per heavy atom. The smallest absolute Gasteiger partial charge is 0.340 e. The van der Waals surface area contributed by atoms with Gasteiger partial charge in [0, 0.05) is 5.56 Å². The predicted molar refractivity (Wildman–Crippen MR) is 56.7 cm³/mol. The number of para-hydroxylation sites is 1. The van der Waals surface area contributed by atoms with Crippen LogP contribution in [-0.2, 0) is 9.53 Å². The molecule has 0 radical (unpaired) electrons. The second kappa shape index (κ2) is 4.37. The maximum atomic E-state index is 11.5. The van der Waals surface area contributed by atoms with Crippen LogP contribution in [0.15, 0.2) is 36.1 Å². The van der Waals surface area contributed by atoms with Gasteiger partial charge in [-0.15, -0.1) is 0 Å². The van der Waals surface area contributed by atoms with Gasteiger partial charge in [-0.05, 0) is 13.0 Å². The van der Waals surface area contributed by atoms with E-state index in [4.69, 9.17) is 9.47 Å². The molecule has 0 bridgehead atoms. The van der Waals surface area contributed by atoms with E-state index in [1.54, 1.807) is 31.2 Å². The quantitative estimate of drug-likeness (QED) is 0.768. The minimum Gasteiger partial charge on any atom is -0.464 e. The monoisotopic (exact) mass is 220 g/mol. The number of esters is 1. The molecule has 0 saturated heterocycles. The fraction of sp³-hybridized carbons (Fsp3) is 0.250. The molecule has 4 nitrogen and oxygen atoms in total. The van der Waals surface area contributed by atoms with Crippen LogP contribution < -0.4 is 4.74 Å². The first-order valence-corrected chi connectivity index (χ1v) is 5.05. The van der Waals surface area contributed by atoms with Crippen molar-refractivity contribution < 1.29 is 19.4 Å². The molecular weight excluding hydrogens is 208 g/mol. The van der Waals surface area contributed by atoms with Gasteiger partial charge in [0.2, 0.25) is 0 Å². The van der Waals surface area contributed by atoms with Crippen LogP contribution in [0.1, 0.15) is 18.6 Å². The molecule has 0 aliphatic carbocycles. The standard InChI is InChI=1S/C12H12O4/c1-2-15-12(14)9-7-16-10-6-4-3-5-8(10)11(9)13/h3-7,11,13H,2H2,1H3/t11-/m1/s1. The number of benzene rings is 1. The Kier molecular flexibility index (Phi) is 2.92. The Morgan fingerprint density at radius 2 is 2.25 bits per heavy atom. The molecule has 16 heavy (non-hydrogen) atoms. The summed E-state index contributed by atoms with van der Waals surface area (Å²) in [6, 6.07) is 7.03. The third kappa shape index (κ3) is 1.79. The molecular formula is C12H12O4. The highest BCUT2D eigenvalue weighted by Crippen LogP contribution is 2.34. The van der Waals surface area contributed by atoms with Crippen LogP contribution >= 0.6 is 0 Å². The molecule has 1 atom stereocenters. The molecule has 1 heterocycles. The van der Waals surface area contributed by atoms with Gasteiger partial charge in [-0.2, -0.15) is 0 Å². The number of hydrogen-bond donors (Lipinski definition) is 1. The Labute approximate surface area is 93.1 Å². The number of carbonyl (C=O) groups excluding carboxylic acids is 1. The van der Waals surface area contributed by atoms with E-state index in [9.17, 15) is 9.90 Å². The zero-order chi connectivity index (χ0) is 11.5. The molecule has 0 unspecified atom stereocenters. The fourth-order valence-electron chi connectivity index (χ4n) is 1.55. The van der Waals surface area contributed by atoms with Gasteiger partial charge in [0.1, 0.15) is 23.7 Å². The summed E-state index contributed by atoms with van der Waals surface area (Å²) in [5, 5.41) is 9.97.